The van der Waals surface area contributed by atoms with E-state index in [2.05, 4.69) is 67.7 Å². The summed E-state index contributed by atoms with van der Waals surface area (Å²) < 4.78 is 24.0. The predicted octanol–water partition coefficient (Wildman–Crippen LogP) is 7.08. The molecule has 0 radical (unpaired) electrons. The van der Waals surface area contributed by atoms with E-state index < -0.39 is 16.6 Å². The minimum atomic E-state index is -1.73. The van der Waals surface area contributed by atoms with Crippen molar-refractivity contribution in [3.05, 3.63) is 23.8 Å². The lowest BCUT2D eigenvalue weighted by Crippen LogP contribution is -2.41. The van der Waals surface area contributed by atoms with E-state index in [0.717, 1.165) is 19.1 Å². The van der Waals surface area contributed by atoms with Gasteiger partial charge in [-0.25, -0.2) is 0 Å². The monoisotopic (exact) mass is 482 g/mol. The predicted molar refractivity (Wildman–Crippen MR) is 138 cm³/mol. The Balaban J connectivity index is 2.43. The molecule has 1 aromatic carbocycles. The molecule has 0 unspecified atom stereocenters. The summed E-state index contributed by atoms with van der Waals surface area (Å²) in [5.74, 6) is 1.26. The van der Waals surface area contributed by atoms with Gasteiger partial charge in [0.2, 0.25) is 0 Å². The SMILES string of the molecule is CC(C)(C)[Si](C)(C)OCCCOc1ccc(OCCCO[Si](C)(C)C(C)(C)C)c(C=O)c1. The number of hydrogen-bond acceptors (Lipinski definition) is 5. The van der Waals surface area contributed by atoms with Crippen LogP contribution in [-0.4, -0.2) is 49.3 Å². The smallest absolute Gasteiger partial charge is 0.191 e. The Bertz CT molecular complexity index is 718. The van der Waals surface area contributed by atoms with Gasteiger partial charge in [0, 0.05) is 26.1 Å². The molecule has 0 fully saturated rings. The van der Waals surface area contributed by atoms with Gasteiger partial charge in [-0.2, -0.15) is 0 Å². The summed E-state index contributed by atoms with van der Waals surface area (Å²) in [6.45, 7) is 24.8. The number of rotatable bonds is 13. The lowest BCUT2D eigenvalue weighted by Gasteiger charge is -2.36. The third kappa shape index (κ3) is 9.00. The van der Waals surface area contributed by atoms with Crippen LogP contribution in [0.5, 0.6) is 11.5 Å². The molecule has 0 aromatic heterocycles. The Morgan fingerprint density at radius 2 is 1.22 bits per heavy atom. The van der Waals surface area contributed by atoms with Crippen molar-refractivity contribution in [2.45, 2.75) is 90.6 Å². The molecule has 0 saturated heterocycles. The zero-order valence-electron chi connectivity index (χ0n) is 22.1. The van der Waals surface area contributed by atoms with E-state index in [1.165, 1.54) is 0 Å². The van der Waals surface area contributed by atoms with Gasteiger partial charge in [0.15, 0.2) is 22.9 Å². The Labute approximate surface area is 198 Å². The number of benzene rings is 1. The molecule has 0 spiro atoms. The third-order valence-electron chi connectivity index (χ3n) is 6.75. The summed E-state index contributed by atoms with van der Waals surface area (Å²) in [4.78, 5) is 11.5. The average Bonchev–Trinajstić information content (AvgIpc) is 2.66. The molecule has 0 bridgehead atoms. The van der Waals surface area contributed by atoms with Gasteiger partial charge in [0.05, 0.1) is 18.8 Å². The fraction of sp³-hybridized carbons (Fsp3) is 0.720. The van der Waals surface area contributed by atoms with Crippen LogP contribution < -0.4 is 9.47 Å². The molecule has 184 valence electrons. The van der Waals surface area contributed by atoms with Crippen molar-refractivity contribution in [1.29, 1.82) is 0 Å². The van der Waals surface area contributed by atoms with Gasteiger partial charge in [0.25, 0.3) is 0 Å². The molecule has 0 N–H and O–H groups in total. The highest BCUT2D eigenvalue weighted by atomic mass is 28.4. The highest BCUT2D eigenvalue weighted by Gasteiger charge is 2.37. The topological polar surface area (TPSA) is 54.0 Å². The van der Waals surface area contributed by atoms with Crippen LogP contribution in [0.25, 0.3) is 0 Å². The molecule has 0 saturated carbocycles. The van der Waals surface area contributed by atoms with Crippen molar-refractivity contribution in [2.24, 2.45) is 0 Å². The Kier molecular flexibility index (Phi) is 10.7. The fourth-order valence-electron chi connectivity index (χ4n) is 2.42. The van der Waals surface area contributed by atoms with Gasteiger partial charge in [-0.05, 0) is 54.5 Å². The molecule has 5 nitrogen and oxygen atoms in total. The van der Waals surface area contributed by atoms with Gasteiger partial charge in [-0.1, -0.05) is 41.5 Å². The van der Waals surface area contributed by atoms with Gasteiger partial charge in [-0.3, -0.25) is 4.79 Å². The zero-order chi connectivity index (χ0) is 24.6. The van der Waals surface area contributed by atoms with E-state index in [-0.39, 0.29) is 10.1 Å². The first-order chi connectivity index (χ1) is 14.6. The first-order valence-electron chi connectivity index (χ1n) is 11.7. The number of aldehydes is 1. The van der Waals surface area contributed by atoms with Crippen molar-refractivity contribution in [1.82, 2.24) is 0 Å². The largest absolute Gasteiger partial charge is 0.493 e. The molecule has 0 heterocycles. The van der Waals surface area contributed by atoms with Crippen LogP contribution in [0.2, 0.25) is 36.3 Å². The van der Waals surface area contributed by atoms with Crippen LogP contribution in [0.3, 0.4) is 0 Å². The number of hydrogen-bond donors (Lipinski definition) is 0. The van der Waals surface area contributed by atoms with Gasteiger partial charge in [0.1, 0.15) is 11.5 Å². The molecule has 0 aliphatic rings. The second-order valence-corrected chi connectivity index (χ2v) is 21.1. The molecular weight excluding hydrogens is 436 g/mol. The normalized spacial score (nSPS) is 13.2. The van der Waals surface area contributed by atoms with Gasteiger partial charge >= 0.3 is 0 Å². The summed E-state index contributed by atoms with van der Waals surface area (Å²) in [5.41, 5.74) is 0.505. The highest BCUT2D eigenvalue weighted by Crippen LogP contribution is 2.37. The molecule has 0 atom stereocenters. The summed E-state index contributed by atoms with van der Waals surface area (Å²) in [7, 11) is -3.45. The Morgan fingerprint density at radius 1 is 0.750 bits per heavy atom. The summed E-state index contributed by atoms with van der Waals surface area (Å²) >= 11 is 0. The molecule has 0 aliphatic carbocycles. The van der Waals surface area contributed by atoms with Crippen molar-refractivity contribution < 1.29 is 23.1 Å². The maximum atomic E-state index is 11.5. The van der Waals surface area contributed by atoms with Crippen LogP contribution in [-0.2, 0) is 8.85 Å². The minimum Gasteiger partial charge on any atom is -0.493 e. The maximum absolute atomic E-state index is 11.5. The molecular formula is C25H46O5Si2. The van der Waals surface area contributed by atoms with Gasteiger partial charge < -0.3 is 18.3 Å². The quantitative estimate of drug-likeness (QED) is 0.171. The number of ether oxygens (including phenoxy) is 2. The first-order valence-corrected chi connectivity index (χ1v) is 17.6. The van der Waals surface area contributed by atoms with E-state index in [1.54, 1.807) is 12.1 Å². The van der Waals surface area contributed by atoms with Crippen molar-refractivity contribution >= 4 is 22.9 Å². The summed E-state index contributed by atoms with van der Waals surface area (Å²) in [6.07, 6.45) is 2.42. The molecule has 7 heteroatoms. The van der Waals surface area contributed by atoms with Crippen LogP contribution in [0.1, 0.15) is 64.7 Å². The minimum absolute atomic E-state index is 0.200. The molecule has 1 aromatic rings. The average molecular weight is 483 g/mol. The second kappa shape index (κ2) is 11.8. The summed E-state index contributed by atoms with van der Waals surface area (Å²) in [5, 5.41) is 0.407. The first kappa shape index (κ1) is 28.9. The second-order valence-electron chi connectivity index (χ2n) is 11.4. The molecule has 1 rings (SSSR count). The van der Waals surface area contributed by atoms with E-state index in [1.807, 2.05) is 6.07 Å². The molecule has 32 heavy (non-hydrogen) atoms. The Morgan fingerprint density at radius 3 is 1.66 bits per heavy atom. The van der Waals surface area contributed by atoms with E-state index >= 15 is 0 Å². The molecule has 0 amide bonds. The van der Waals surface area contributed by atoms with E-state index in [9.17, 15) is 4.79 Å². The van der Waals surface area contributed by atoms with Crippen molar-refractivity contribution in [3.63, 3.8) is 0 Å². The van der Waals surface area contributed by atoms with E-state index in [4.69, 9.17) is 18.3 Å². The standard InChI is InChI=1S/C25H46O5Si2/c1-24(2,3)31(7,8)29-17-11-15-27-22-13-14-23(21(19-22)20-26)28-16-12-18-30-32(9,10)25(4,5)6/h13-14,19-20H,11-12,15-18H2,1-10H3. The number of carbonyl (C=O) groups excluding carboxylic acids is 1. The van der Waals surface area contributed by atoms with Gasteiger partial charge in [-0.15, -0.1) is 0 Å². The van der Waals surface area contributed by atoms with Crippen molar-refractivity contribution in [2.75, 3.05) is 26.4 Å². The van der Waals surface area contributed by atoms with Crippen molar-refractivity contribution in [3.8, 4) is 11.5 Å². The zero-order valence-corrected chi connectivity index (χ0v) is 24.1. The molecule has 0 aliphatic heterocycles. The highest BCUT2D eigenvalue weighted by molar-refractivity contribution is 6.74. The maximum Gasteiger partial charge on any atom is 0.191 e. The third-order valence-corrected chi connectivity index (χ3v) is 15.8. The lowest BCUT2D eigenvalue weighted by molar-refractivity contribution is 0.111. The Hall–Kier alpha value is -1.16. The fourth-order valence-corrected chi connectivity index (χ4v) is 4.59. The summed E-state index contributed by atoms with van der Waals surface area (Å²) in [6, 6.07) is 5.40. The number of carbonyl (C=O) groups is 1. The van der Waals surface area contributed by atoms with Crippen LogP contribution in [0, 0.1) is 0 Å². The van der Waals surface area contributed by atoms with Crippen LogP contribution >= 0.6 is 0 Å². The lowest BCUT2D eigenvalue weighted by atomic mass is 10.2. The van der Waals surface area contributed by atoms with Crippen LogP contribution in [0.15, 0.2) is 18.2 Å². The van der Waals surface area contributed by atoms with Crippen LogP contribution in [0.4, 0.5) is 0 Å². The van der Waals surface area contributed by atoms with E-state index in [0.29, 0.717) is 43.5 Å².